The van der Waals surface area contributed by atoms with Crippen molar-refractivity contribution in [1.82, 2.24) is 0 Å². The summed E-state index contributed by atoms with van der Waals surface area (Å²) in [7, 11) is 0. The summed E-state index contributed by atoms with van der Waals surface area (Å²) in [5.41, 5.74) is 6.03. The van der Waals surface area contributed by atoms with Crippen LogP contribution >= 0.6 is 0 Å². The van der Waals surface area contributed by atoms with Gasteiger partial charge in [-0.05, 0) is 31.5 Å². The largest absolute Gasteiger partial charge is 0.365 e. The molecule has 0 saturated heterocycles. The summed E-state index contributed by atoms with van der Waals surface area (Å²) in [5.74, 6) is -0.775. The zero-order valence-electron chi connectivity index (χ0n) is 7.90. The van der Waals surface area contributed by atoms with Crippen LogP contribution in [0.3, 0.4) is 0 Å². The maximum Gasteiger partial charge on any atom is 0.285 e. The van der Waals surface area contributed by atoms with Gasteiger partial charge in [0.1, 0.15) is 5.56 Å². The Morgan fingerprint density at radius 1 is 1.43 bits per heavy atom. The SMILES string of the molecule is Cc1cc(C)c([N+](=O)[O-])c(C(N)=O)c1. The van der Waals surface area contributed by atoms with Crippen LogP contribution in [-0.2, 0) is 0 Å². The predicted molar refractivity (Wildman–Crippen MR) is 51.1 cm³/mol. The molecule has 0 bridgehead atoms. The van der Waals surface area contributed by atoms with Crippen molar-refractivity contribution in [2.45, 2.75) is 13.8 Å². The van der Waals surface area contributed by atoms with Gasteiger partial charge < -0.3 is 5.73 Å². The molecular formula is C9H10N2O3. The minimum absolute atomic E-state index is 0.0347. The number of nitro groups is 1. The lowest BCUT2D eigenvalue weighted by atomic mass is 10.0. The molecule has 0 atom stereocenters. The highest BCUT2D eigenvalue weighted by molar-refractivity contribution is 5.97. The molecule has 14 heavy (non-hydrogen) atoms. The molecule has 0 aliphatic rings. The van der Waals surface area contributed by atoms with Crippen molar-refractivity contribution in [2.24, 2.45) is 5.73 Å². The van der Waals surface area contributed by atoms with Gasteiger partial charge >= 0.3 is 0 Å². The van der Waals surface area contributed by atoms with Gasteiger partial charge in [-0.3, -0.25) is 14.9 Å². The van der Waals surface area contributed by atoms with Gasteiger partial charge in [0.2, 0.25) is 0 Å². The van der Waals surface area contributed by atoms with Gasteiger partial charge in [-0.1, -0.05) is 0 Å². The number of benzene rings is 1. The summed E-state index contributed by atoms with van der Waals surface area (Å²) in [6.07, 6.45) is 0. The van der Waals surface area contributed by atoms with E-state index in [0.29, 0.717) is 5.56 Å². The number of hydrogen-bond acceptors (Lipinski definition) is 3. The third-order valence-corrected chi connectivity index (χ3v) is 1.89. The standard InChI is InChI=1S/C9H10N2O3/c1-5-3-6(2)8(11(13)14)7(4-5)9(10)12/h3-4H,1-2H3,(H2,10,12). The van der Waals surface area contributed by atoms with E-state index >= 15 is 0 Å². The highest BCUT2D eigenvalue weighted by Gasteiger charge is 2.21. The maximum atomic E-state index is 10.9. The summed E-state index contributed by atoms with van der Waals surface area (Å²) in [6, 6.07) is 3.07. The van der Waals surface area contributed by atoms with Crippen molar-refractivity contribution in [3.05, 3.63) is 38.9 Å². The Morgan fingerprint density at radius 2 is 2.00 bits per heavy atom. The lowest BCUT2D eigenvalue weighted by Crippen LogP contribution is -2.14. The van der Waals surface area contributed by atoms with Crippen molar-refractivity contribution >= 4 is 11.6 Å². The fourth-order valence-electron chi connectivity index (χ4n) is 1.39. The molecule has 0 aliphatic heterocycles. The van der Waals surface area contributed by atoms with Crippen molar-refractivity contribution < 1.29 is 9.72 Å². The number of primary amides is 1. The van der Waals surface area contributed by atoms with E-state index in [9.17, 15) is 14.9 Å². The molecule has 0 radical (unpaired) electrons. The van der Waals surface area contributed by atoms with Crippen LogP contribution in [0.25, 0.3) is 0 Å². The van der Waals surface area contributed by atoms with Gasteiger partial charge in [0, 0.05) is 5.56 Å². The average Bonchev–Trinajstić information content (AvgIpc) is 2.01. The fourth-order valence-corrected chi connectivity index (χ4v) is 1.39. The van der Waals surface area contributed by atoms with Crippen molar-refractivity contribution in [3.8, 4) is 0 Å². The Bertz CT molecular complexity index is 413. The summed E-state index contributed by atoms with van der Waals surface area (Å²) in [5, 5.41) is 10.7. The monoisotopic (exact) mass is 194 g/mol. The van der Waals surface area contributed by atoms with Gasteiger partial charge in [-0.2, -0.15) is 0 Å². The van der Waals surface area contributed by atoms with E-state index in [0.717, 1.165) is 5.56 Å². The summed E-state index contributed by atoms with van der Waals surface area (Å²) < 4.78 is 0. The molecule has 2 N–H and O–H groups in total. The van der Waals surface area contributed by atoms with Gasteiger partial charge in [-0.25, -0.2) is 0 Å². The number of carbonyl (C=O) groups excluding carboxylic acids is 1. The molecule has 0 saturated carbocycles. The number of amides is 1. The molecule has 1 rings (SSSR count). The van der Waals surface area contributed by atoms with Crippen LogP contribution in [-0.4, -0.2) is 10.8 Å². The summed E-state index contributed by atoms with van der Waals surface area (Å²) in [6.45, 7) is 3.33. The van der Waals surface area contributed by atoms with Crippen LogP contribution in [0.2, 0.25) is 0 Å². The second kappa shape index (κ2) is 3.45. The highest BCUT2D eigenvalue weighted by atomic mass is 16.6. The van der Waals surface area contributed by atoms with Crippen LogP contribution in [0.5, 0.6) is 0 Å². The third kappa shape index (κ3) is 1.71. The Labute approximate surface area is 80.7 Å². The molecule has 0 heterocycles. The zero-order chi connectivity index (χ0) is 10.9. The minimum atomic E-state index is -0.775. The number of nitrogens with zero attached hydrogens (tertiary/aromatic N) is 1. The molecule has 5 heteroatoms. The number of nitrogens with two attached hydrogens (primary N) is 1. The second-order valence-corrected chi connectivity index (χ2v) is 3.10. The molecular weight excluding hydrogens is 184 g/mol. The van der Waals surface area contributed by atoms with Crippen molar-refractivity contribution in [2.75, 3.05) is 0 Å². The number of nitro benzene ring substituents is 1. The van der Waals surface area contributed by atoms with E-state index in [1.807, 2.05) is 0 Å². The van der Waals surface area contributed by atoms with Crippen LogP contribution < -0.4 is 5.73 Å². The molecule has 0 unspecified atom stereocenters. The third-order valence-electron chi connectivity index (χ3n) is 1.89. The minimum Gasteiger partial charge on any atom is -0.365 e. The lowest BCUT2D eigenvalue weighted by molar-refractivity contribution is -0.385. The number of aryl methyl sites for hydroxylation is 2. The predicted octanol–water partition coefficient (Wildman–Crippen LogP) is 1.31. The number of rotatable bonds is 2. The van der Waals surface area contributed by atoms with Crippen LogP contribution in [0.15, 0.2) is 12.1 Å². The molecule has 74 valence electrons. The van der Waals surface area contributed by atoms with Crippen LogP contribution in [0, 0.1) is 24.0 Å². The van der Waals surface area contributed by atoms with Crippen LogP contribution in [0.1, 0.15) is 21.5 Å². The van der Waals surface area contributed by atoms with Gasteiger partial charge in [0.15, 0.2) is 0 Å². The normalized spacial score (nSPS) is 9.86. The zero-order valence-corrected chi connectivity index (χ0v) is 7.90. The van der Waals surface area contributed by atoms with E-state index in [-0.39, 0.29) is 11.3 Å². The van der Waals surface area contributed by atoms with Crippen LogP contribution in [0.4, 0.5) is 5.69 Å². The van der Waals surface area contributed by atoms with Gasteiger partial charge in [-0.15, -0.1) is 0 Å². The molecule has 0 aromatic heterocycles. The van der Waals surface area contributed by atoms with Gasteiger partial charge in [0.05, 0.1) is 4.92 Å². The quantitative estimate of drug-likeness (QED) is 0.568. The number of hydrogen-bond donors (Lipinski definition) is 1. The van der Waals surface area contributed by atoms with Gasteiger partial charge in [0.25, 0.3) is 11.6 Å². The molecule has 1 aromatic carbocycles. The van der Waals surface area contributed by atoms with E-state index in [4.69, 9.17) is 5.73 Å². The first kappa shape index (κ1) is 10.2. The van der Waals surface area contributed by atoms with E-state index < -0.39 is 10.8 Å². The molecule has 5 nitrogen and oxygen atoms in total. The van der Waals surface area contributed by atoms with E-state index in [1.165, 1.54) is 6.07 Å². The van der Waals surface area contributed by atoms with E-state index in [2.05, 4.69) is 0 Å². The maximum absolute atomic E-state index is 10.9. The highest BCUT2D eigenvalue weighted by Crippen LogP contribution is 2.24. The molecule has 1 aromatic rings. The average molecular weight is 194 g/mol. The Morgan fingerprint density at radius 3 is 2.43 bits per heavy atom. The first-order chi connectivity index (χ1) is 6.43. The number of carbonyl (C=O) groups is 1. The first-order valence-electron chi connectivity index (χ1n) is 3.99. The Balaban J connectivity index is 3.52. The first-order valence-corrected chi connectivity index (χ1v) is 3.99. The Kier molecular flexibility index (Phi) is 2.51. The second-order valence-electron chi connectivity index (χ2n) is 3.10. The smallest absolute Gasteiger partial charge is 0.285 e. The Hall–Kier alpha value is -1.91. The summed E-state index contributed by atoms with van der Waals surface area (Å²) >= 11 is 0. The molecule has 0 aliphatic carbocycles. The van der Waals surface area contributed by atoms with E-state index in [1.54, 1.807) is 19.9 Å². The van der Waals surface area contributed by atoms with Crippen molar-refractivity contribution in [3.63, 3.8) is 0 Å². The topological polar surface area (TPSA) is 86.2 Å². The fraction of sp³-hybridized carbons (Fsp3) is 0.222. The molecule has 1 amide bonds. The molecule has 0 fully saturated rings. The summed E-state index contributed by atoms with van der Waals surface area (Å²) in [4.78, 5) is 21.0. The van der Waals surface area contributed by atoms with Crippen molar-refractivity contribution in [1.29, 1.82) is 0 Å². The molecule has 0 spiro atoms. The lowest BCUT2D eigenvalue weighted by Gasteiger charge is -2.03.